The number of rotatable bonds is 7. The normalized spacial score (nSPS) is 11.0. The summed E-state index contributed by atoms with van der Waals surface area (Å²) in [6, 6.07) is 2.29. The summed E-state index contributed by atoms with van der Waals surface area (Å²) >= 11 is 0. The topological polar surface area (TPSA) is 135 Å². The smallest absolute Gasteiger partial charge is 0.407 e. The van der Waals surface area contributed by atoms with Crippen LogP contribution in [-0.4, -0.2) is 54.4 Å². The second-order valence-electron chi connectivity index (χ2n) is 6.21. The zero-order chi connectivity index (χ0) is 21.8. The van der Waals surface area contributed by atoms with Crippen LogP contribution in [0.1, 0.15) is 12.2 Å². The minimum absolute atomic E-state index is 0.0324. The van der Waals surface area contributed by atoms with E-state index in [0.717, 1.165) is 11.0 Å². The Hall–Kier alpha value is -3.90. The van der Waals surface area contributed by atoms with Gasteiger partial charge in [-0.05, 0) is 0 Å². The fraction of sp³-hybridized carbons (Fsp3) is 0.235. The monoisotopic (exact) mass is 422 g/mol. The number of hydrogen-bond acceptors (Lipinski definition) is 7. The number of halogens is 3. The van der Waals surface area contributed by atoms with Gasteiger partial charge in [0.2, 0.25) is 0 Å². The zero-order valence-electron chi connectivity index (χ0n) is 15.6. The van der Waals surface area contributed by atoms with Gasteiger partial charge in [-0.15, -0.1) is 0 Å². The molecule has 3 rings (SSSR count). The van der Waals surface area contributed by atoms with E-state index in [1.165, 1.54) is 30.2 Å². The predicted octanol–water partition coefficient (Wildman–Crippen LogP) is 2.75. The number of anilines is 3. The maximum absolute atomic E-state index is 14.6. The highest BCUT2D eigenvalue weighted by atomic mass is 19.3. The lowest BCUT2D eigenvalue weighted by atomic mass is 10.1. The Morgan fingerprint density at radius 2 is 2.07 bits per heavy atom. The maximum atomic E-state index is 14.6. The van der Waals surface area contributed by atoms with Crippen molar-refractivity contribution in [3.63, 3.8) is 0 Å². The lowest BCUT2D eigenvalue weighted by Gasteiger charge is -2.12. The fourth-order valence-corrected chi connectivity index (χ4v) is 2.46. The minimum Gasteiger partial charge on any atom is -0.465 e. The molecular weight excluding hydrogens is 405 g/mol. The summed E-state index contributed by atoms with van der Waals surface area (Å²) in [4.78, 5) is 23.0. The van der Waals surface area contributed by atoms with Gasteiger partial charge in [0.1, 0.15) is 23.3 Å². The molecule has 0 aliphatic carbocycles. The molecule has 30 heavy (non-hydrogen) atoms. The molecule has 158 valence electrons. The number of pyridine rings is 1. The van der Waals surface area contributed by atoms with Gasteiger partial charge in [-0.25, -0.2) is 32.9 Å². The number of nitrogens with one attached hydrogen (secondary N) is 1. The SMILES string of the molecule is CN(CCn1cc(-c2cnc(Nc3cc(N)nc(C(F)F)n3)cc2F)cn1)C(=O)O. The summed E-state index contributed by atoms with van der Waals surface area (Å²) in [7, 11) is 1.43. The van der Waals surface area contributed by atoms with E-state index in [4.69, 9.17) is 10.8 Å². The number of carboxylic acid groups (broad SMARTS) is 1. The fourth-order valence-electron chi connectivity index (χ4n) is 2.46. The molecule has 1 amide bonds. The van der Waals surface area contributed by atoms with Crippen molar-refractivity contribution in [2.45, 2.75) is 13.0 Å². The Morgan fingerprint density at radius 3 is 2.73 bits per heavy atom. The van der Waals surface area contributed by atoms with E-state index in [1.54, 1.807) is 6.20 Å². The summed E-state index contributed by atoms with van der Waals surface area (Å²) in [5.74, 6) is -1.57. The third kappa shape index (κ3) is 4.92. The van der Waals surface area contributed by atoms with Gasteiger partial charge in [-0.3, -0.25) is 4.68 Å². The molecule has 3 heterocycles. The third-order valence-electron chi connectivity index (χ3n) is 4.00. The van der Waals surface area contributed by atoms with Crippen LogP contribution in [0.3, 0.4) is 0 Å². The van der Waals surface area contributed by atoms with Gasteiger partial charge in [0.05, 0.1) is 12.7 Å². The molecule has 4 N–H and O–H groups in total. The lowest BCUT2D eigenvalue weighted by molar-refractivity contribution is 0.140. The molecule has 0 aliphatic heterocycles. The highest BCUT2D eigenvalue weighted by Crippen LogP contribution is 2.25. The first kappa shape index (κ1) is 20.8. The van der Waals surface area contributed by atoms with Gasteiger partial charge in [0.15, 0.2) is 5.82 Å². The summed E-state index contributed by atoms with van der Waals surface area (Å²) < 4.78 is 41.6. The molecule has 0 saturated carbocycles. The van der Waals surface area contributed by atoms with Crippen LogP contribution >= 0.6 is 0 Å². The van der Waals surface area contributed by atoms with Gasteiger partial charge in [0.25, 0.3) is 6.43 Å². The standard InChI is InChI=1S/C17H17F3N8O2/c1-27(17(29)30)2-3-28-8-9(6-23-28)10-7-22-13(4-11(10)18)25-14-5-12(21)24-16(26-14)15(19)20/h4-8,15H,2-3H2,1H3,(H,29,30)(H3,21,22,24,25,26). The van der Waals surface area contributed by atoms with Crippen LogP contribution in [0, 0.1) is 5.82 Å². The van der Waals surface area contributed by atoms with Gasteiger partial charge in [-0.1, -0.05) is 0 Å². The second kappa shape index (κ2) is 8.63. The number of nitrogen functional groups attached to an aromatic ring is 1. The predicted molar refractivity (Wildman–Crippen MR) is 101 cm³/mol. The molecule has 0 fully saturated rings. The van der Waals surface area contributed by atoms with Crippen molar-refractivity contribution in [1.82, 2.24) is 29.6 Å². The van der Waals surface area contributed by atoms with Crippen LogP contribution in [0.2, 0.25) is 0 Å². The molecule has 0 aliphatic rings. The van der Waals surface area contributed by atoms with Crippen molar-refractivity contribution in [2.75, 3.05) is 24.6 Å². The van der Waals surface area contributed by atoms with Crippen LogP contribution in [0.25, 0.3) is 11.1 Å². The highest BCUT2D eigenvalue weighted by molar-refractivity contribution is 5.65. The van der Waals surface area contributed by atoms with E-state index in [1.807, 2.05) is 0 Å². The Balaban J connectivity index is 1.74. The van der Waals surface area contributed by atoms with E-state index in [2.05, 4.69) is 25.4 Å². The van der Waals surface area contributed by atoms with E-state index >= 15 is 0 Å². The lowest BCUT2D eigenvalue weighted by Crippen LogP contribution is -2.28. The molecule has 0 saturated heterocycles. The zero-order valence-corrected chi connectivity index (χ0v) is 15.6. The maximum Gasteiger partial charge on any atom is 0.407 e. The molecule has 0 radical (unpaired) electrons. The number of alkyl halides is 2. The molecule has 13 heteroatoms. The number of hydrogen-bond donors (Lipinski definition) is 3. The van der Waals surface area contributed by atoms with Crippen LogP contribution in [0.5, 0.6) is 0 Å². The number of aromatic nitrogens is 5. The molecular formula is C17H17F3N8O2. The van der Waals surface area contributed by atoms with Crippen molar-refractivity contribution in [3.8, 4) is 11.1 Å². The van der Waals surface area contributed by atoms with Crippen molar-refractivity contribution < 1.29 is 23.1 Å². The second-order valence-corrected chi connectivity index (χ2v) is 6.21. The van der Waals surface area contributed by atoms with Gasteiger partial charge < -0.3 is 21.1 Å². The van der Waals surface area contributed by atoms with Crippen molar-refractivity contribution in [2.24, 2.45) is 0 Å². The van der Waals surface area contributed by atoms with E-state index in [-0.39, 0.29) is 29.6 Å². The molecule has 0 unspecified atom stereocenters. The highest BCUT2D eigenvalue weighted by Gasteiger charge is 2.15. The van der Waals surface area contributed by atoms with E-state index in [9.17, 15) is 18.0 Å². The van der Waals surface area contributed by atoms with Gasteiger partial charge >= 0.3 is 6.09 Å². The van der Waals surface area contributed by atoms with Crippen LogP contribution in [-0.2, 0) is 6.54 Å². The average Bonchev–Trinajstić information content (AvgIpc) is 3.14. The van der Waals surface area contributed by atoms with Gasteiger partial charge in [0, 0.05) is 49.2 Å². The Labute approximate surface area is 168 Å². The number of nitrogens with zero attached hydrogens (tertiary/aromatic N) is 6. The van der Waals surface area contributed by atoms with Crippen LogP contribution < -0.4 is 11.1 Å². The summed E-state index contributed by atoms with van der Waals surface area (Å²) in [6.07, 6.45) is 0.262. The third-order valence-corrected chi connectivity index (χ3v) is 4.00. The van der Waals surface area contributed by atoms with Crippen LogP contribution in [0.4, 0.5) is 35.4 Å². The number of likely N-dealkylation sites (N-methyl/N-ethyl adjacent to an activating group) is 1. The molecule has 10 nitrogen and oxygen atoms in total. The molecule has 3 aromatic rings. The Bertz CT molecular complexity index is 1060. The first-order valence-corrected chi connectivity index (χ1v) is 8.55. The number of carbonyl (C=O) groups is 1. The average molecular weight is 422 g/mol. The largest absolute Gasteiger partial charge is 0.465 e. The molecule has 0 aromatic carbocycles. The Kier molecular flexibility index (Phi) is 5.99. The summed E-state index contributed by atoms with van der Waals surface area (Å²) in [6.45, 7) is 0.502. The van der Waals surface area contributed by atoms with Crippen molar-refractivity contribution in [3.05, 3.63) is 42.4 Å². The van der Waals surface area contributed by atoms with Crippen LogP contribution in [0.15, 0.2) is 30.7 Å². The number of nitrogens with two attached hydrogens (primary N) is 1. The first-order chi connectivity index (χ1) is 14.2. The molecule has 0 atom stereocenters. The molecule has 0 spiro atoms. The minimum atomic E-state index is -2.91. The van der Waals surface area contributed by atoms with Crippen molar-refractivity contribution >= 4 is 23.5 Å². The first-order valence-electron chi connectivity index (χ1n) is 8.55. The van der Waals surface area contributed by atoms with Gasteiger partial charge in [-0.2, -0.15) is 5.10 Å². The van der Waals surface area contributed by atoms with E-state index in [0.29, 0.717) is 12.1 Å². The summed E-state index contributed by atoms with van der Waals surface area (Å²) in [5.41, 5.74) is 6.08. The molecule has 3 aromatic heterocycles. The quantitative estimate of drug-likeness (QED) is 0.529. The van der Waals surface area contributed by atoms with Crippen molar-refractivity contribution in [1.29, 1.82) is 0 Å². The number of amides is 1. The molecule has 0 bridgehead atoms. The van der Waals surface area contributed by atoms with E-state index < -0.39 is 24.2 Å². The summed E-state index contributed by atoms with van der Waals surface area (Å²) in [5, 5.41) is 15.5. The Morgan fingerprint density at radius 1 is 1.30 bits per heavy atom.